The highest BCUT2D eigenvalue weighted by Crippen LogP contribution is 2.26. The number of morpholine rings is 1. The Labute approximate surface area is 175 Å². The van der Waals surface area contributed by atoms with Gasteiger partial charge in [0.15, 0.2) is 5.82 Å². The fourth-order valence-corrected chi connectivity index (χ4v) is 3.62. The molecule has 0 unspecified atom stereocenters. The topological polar surface area (TPSA) is 85.2 Å². The second-order valence-electron chi connectivity index (χ2n) is 7.37. The third kappa shape index (κ3) is 4.72. The molecule has 1 fully saturated rings. The van der Waals surface area contributed by atoms with E-state index in [1.807, 2.05) is 43.3 Å². The number of anilines is 1. The molecule has 3 aromatic rings. The summed E-state index contributed by atoms with van der Waals surface area (Å²) in [5.74, 6) is 1.55. The van der Waals surface area contributed by atoms with Crippen LogP contribution in [0.1, 0.15) is 12.7 Å². The maximum absolute atomic E-state index is 11.4. The van der Waals surface area contributed by atoms with E-state index >= 15 is 0 Å². The molecule has 30 heavy (non-hydrogen) atoms. The predicted molar refractivity (Wildman–Crippen MR) is 115 cm³/mol. The van der Waals surface area contributed by atoms with E-state index in [-0.39, 0.29) is 5.91 Å². The monoisotopic (exact) mass is 406 g/mol. The Morgan fingerprint density at radius 2 is 1.90 bits per heavy atom. The molecule has 156 valence electrons. The first-order chi connectivity index (χ1) is 14.6. The zero-order valence-electron chi connectivity index (χ0n) is 17.3. The number of nitrogens with zero attached hydrogens (tertiary/aromatic N) is 5. The number of nitrogens with one attached hydrogen (secondary N) is 1. The number of carbonyl (C=O) groups is 1. The minimum absolute atomic E-state index is 0.0913. The summed E-state index contributed by atoms with van der Waals surface area (Å²) >= 11 is 0. The second-order valence-corrected chi connectivity index (χ2v) is 7.37. The number of hydrogen-bond acceptors (Lipinski definition) is 6. The molecule has 8 nitrogen and oxygen atoms in total. The Kier molecular flexibility index (Phi) is 6.15. The molecule has 8 heteroatoms. The van der Waals surface area contributed by atoms with Crippen molar-refractivity contribution < 1.29 is 9.53 Å². The van der Waals surface area contributed by atoms with Gasteiger partial charge in [0.1, 0.15) is 11.5 Å². The molecule has 0 aliphatic carbocycles. The summed E-state index contributed by atoms with van der Waals surface area (Å²) in [6, 6.07) is 11.7. The standard InChI is InChI=1S/C22H26N6O2/c1-16-25-26-22(28(16)9-8-27-10-12-30-13-11-27)21-15-19(6-7-23-21)18-4-3-5-20(14-18)24-17(2)29/h3-7,14-15H,8-13H2,1-2H3,(H,24,29). The van der Waals surface area contributed by atoms with Gasteiger partial charge in [-0.3, -0.25) is 14.7 Å². The van der Waals surface area contributed by atoms with E-state index < -0.39 is 0 Å². The maximum atomic E-state index is 11.4. The summed E-state index contributed by atoms with van der Waals surface area (Å²) in [4.78, 5) is 18.3. The molecule has 0 saturated carbocycles. The molecule has 3 heterocycles. The quantitative estimate of drug-likeness (QED) is 0.677. The lowest BCUT2D eigenvalue weighted by Gasteiger charge is -2.26. The number of pyridine rings is 1. The van der Waals surface area contributed by atoms with Gasteiger partial charge in [0.05, 0.1) is 13.2 Å². The summed E-state index contributed by atoms with van der Waals surface area (Å²) in [6.45, 7) is 8.68. The van der Waals surface area contributed by atoms with Crippen LogP contribution in [-0.2, 0) is 16.1 Å². The van der Waals surface area contributed by atoms with Crippen molar-refractivity contribution in [3.63, 3.8) is 0 Å². The first-order valence-electron chi connectivity index (χ1n) is 10.1. The molecular formula is C22H26N6O2. The van der Waals surface area contributed by atoms with Crippen LogP contribution in [0.3, 0.4) is 0 Å². The molecule has 1 aromatic carbocycles. The molecule has 0 bridgehead atoms. The van der Waals surface area contributed by atoms with Crippen LogP contribution in [-0.4, -0.2) is 63.4 Å². The Hall–Kier alpha value is -3.10. The van der Waals surface area contributed by atoms with Gasteiger partial charge in [0.25, 0.3) is 0 Å². The van der Waals surface area contributed by atoms with Crippen LogP contribution in [0.25, 0.3) is 22.6 Å². The Morgan fingerprint density at radius 3 is 2.70 bits per heavy atom. The zero-order valence-corrected chi connectivity index (χ0v) is 17.3. The Balaban J connectivity index is 1.58. The first kappa shape index (κ1) is 20.2. The summed E-state index contributed by atoms with van der Waals surface area (Å²) in [5, 5.41) is 11.5. The smallest absolute Gasteiger partial charge is 0.221 e. The minimum Gasteiger partial charge on any atom is -0.379 e. The van der Waals surface area contributed by atoms with Crippen LogP contribution in [0.2, 0.25) is 0 Å². The van der Waals surface area contributed by atoms with E-state index in [1.165, 1.54) is 6.92 Å². The molecule has 1 saturated heterocycles. The minimum atomic E-state index is -0.0913. The van der Waals surface area contributed by atoms with Gasteiger partial charge in [-0.25, -0.2) is 0 Å². The van der Waals surface area contributed by atoms with Crippen LogP contribution in [0.5, 0.6) is 0 Å². The van der Waals surface area contributed by atoms with Crippen LogP contribution < -0.4 is 5.32 Å². The highest BCUT2D eigenvalue weighted by molar-refractivity contribution is 5.89. The van der Waals surface area contributed by atoms with Gasteiger partial charge in [0.2, 0.25) is 5.91 Å². The van der Waals surface area contributed by atoms with Gasteiger partial charge in [-0.1, -0.05) is 12.1 Å². The van der Waals surface area contributed by atoms with Crippen LogP contribution in [0.4, 0.5) is 5.69 Å². The van der Waals surface area contributed by atoms with Gasteiger partial charge in [-0.2, -0.15) is 0 Å². The van der Waals surface area contributed by atoms with Crippen LogP contribution >= 0.6 is 0 Å². The van der Waals surface area contributed by atoms with Crippen LogP contribution in [0.15, 0.2) is 42.6 Å². The summed E-state index contributed by atoms with van der Waals surface area (Å²) in [6.07, 6.45) is 1.78. The molecule has 1 amide bonds. The van der Waals surface area contributed by atoms with Gasteiger partial charge in [-0.05, 0) is 42.3 Å². The molecule has 1 N–H and O–H groups in total. The maximum Gasteiger partial charge on any atom is 0.221 e. The lowest BCUT2D eigenvalue weighted by Crippen LogP contribution is -2.38. The number of aryl methyl sites for hydroxylation is 1. The molecule has 4 rings (SSSR count). The van der Waals surface area contributed by atoms with E-state index in [2.05, 4.69) is 30.0 Å². The molecular weight excluding hydrogens is 380 g/mol. The zero-order chi connectivity index (χ0) is 20.9. The van der Waals surface area contributed by atoms with Gasteiger partial charge in [-0.15, -0.1) is 10.2 Å². The third-order valence-corrected chi connectivity index (χ3v) is 5.18. The van der Waals surface area contributed by atoms with Gasteiger partial charge < -0.3 is 14.6 Å². The Morgan fingerprint density at radius 1 is 1.10 bits per heavy atom. The average Bonchev–Trinajstić information content (AvgIpc) is 3.13. The van der Waals surface area contributed by atoms with Crippen molar-refractivity contribution in [2.75, 3.05) is 38.2 Å². The van der Waals surface area contributed by atoms with E-state index in [4.69, 9.17) is 4.74 Å². The molecule has 2 aromatic heterocycles. The molecule has 0 atom stereocenters. The van der Waals surface area contributed by atoms with E-state index in [1.54, 1.807) is 6.20 Å². The predicted octanol–water partition coefficient (Wildman–Crippen LogP) is 2.61. The summed E-state index contributed by atoms with van der Waals surface area (Å²) in [7, 11) is 0. The number of benzene rings is 1. The molecule has 0 spiro atoms. The van der Waals surface area contributed by atoms with E-state index in [0.29, 0.717) is 0 Å². The number of amides is 1. The van der Waals surface area contributed by atoms with Crippen molar-refractivity contribution in [1.29, 1.82) is 0 Å². The van der Waals surface area contributed by atoms with Gasteiger partial charge in [0, 0.05) is 45.0 Å². The van der Waals surface area contributed by atoms with Crippen molar-refractivity contribution in [2.45, 2.75) is 20.4 Å². The number of aromatic nitrogens is 4. The molecule has 1 aliphatic heterocycles. The fourth-order valence-electron chi connectivity index (χ4n) is 3.62. The number of carbonyl (C=O) groups excluding carboxylic acids is 1. The number of hydrogen-bond donors (Lipinski definition) is 1. The van der Waals surface area contributed by atoms with Crippen molar-refractivity contribution >= 4 is 11.6 Å². The average molecular weight is 406 g/mol. The highest BCUT2D eigenvalue weighted by Gasteiger charge is 2.16. The highest BCUT2D eigenvalue weighted by atomic mass is 16.5. The lowest BCUT2D eigenvalue weighted by atomic mass is 10.1. The van der Waals surface area contributed by atoms with Crippen molar-refractivity contribution in [3.8, 4) is 22.6 Å². The fraction of sp³-hybridized carbons (Fsp3) is 0.364. The first-order valence-corrected chi connectivity index (χ1v) is 10.1. The van der Waals surface area contributed by atoms with E-state index in [0.717, 1.165) is 73.5 Å². The van der Waals surface area contributed by atoms with Gasteiger partial charge >= 0.3 is 0 Å². The SMILES string of the molecule is CC(=O)Nc1cccc(-c2ccnc(-c3nnc(C)n3CCN3CCOCC3)c2)c1. The lowest BCUT2D eigenvalue weighted by molar-refractivity contribution is -0.114. The normalized spacial score (nSPS) is 14.6. The van der Waals surface area contributed by atoms with Crippen molar-refractivity contribution in [2.24, 2.45) is 0 Å². The largest absolute Gasteiger partial charge is 0.379 e. The second kappa shape index (κ2) is 9.15. The third-order valence-electron chi connectivity index (χ3n) is 5.18. The number of rotatable bonds is 6. The van der Waals surface area contributed by atoms with Crippen molar-refractivity contribution in [3.05, 3.63) is 48.4 Å². The van der Waals surface area contributed by atoms with Crippen LogP contribution in [0, 0.1) is 6.92 Å². The molecule has 1 aliphatic rings. The summed E-state index contributed by atoms with van der Waals surface area (Å²) < 4.78 is 7.55. The molecule has 0 radical (unpaired) electrons. The Bertz CT molecular complexity index is 1030. The number of ether oxygens (including phenoxy) is 1. The van der Waals surface area contributed by atoms with E-state index in [9.17, 15) is 4.79 Å². The summed E-state index contributed by atoms with van der Waals surface area (Å²) in [5.41, 5.74) is 3.55. The van der Waals surface area contributed by atoms with Crippen molar-refractivity contribution in [1.82, 2.24) is 24.6 Å².